The number of nitrogens with one attached hydrogen (secondary N) is 2. The number of aromatic hydroxyl groups is 1. The number of sulfonamides is 1. The molecule has 1 aliphatic heterocycles. The average Bonchev–Trinajstić information content (AvgIpc) is 3.55. The number of hydrogen-bond donors (Lipinski definition) is 3. The van der Waals surface area contributed by atoms with E-state index in [4.69, 9.17) is 16.0 Å². The Morgan fingerprint density at radius 2 is 1.83 bits per heavy atom. The summed E-state index contributed by atoms with van der Waals surface area (Å²) < 4.78 is 42.3. The van der Waals surface area contributed by atoms with Gasteiger partial charge in [0.1, 0.15) is 10.7 Å². The number of furan rings is 1. The molecule has 1 atom stereocenters. The lowest BCUT2D eigenvalue weighted by Gasteiger charge is -2.30. The fraction of sp³-hybridized carbons (Fsp3) is 0.500. The van der Waals surface area contributed by atoms with Gasteiger partial charge in [0.15, 0.2) is 17.4 Å². The number of phenols is 1. The van der Waals surface area contributed by atoms with E-state index in [-0.39, 0.29) is 27.1 Å². The standard InChI is InChI=1S/C24H32ClN5O4S2/c1-14(2)15-12-18(34-13-15)21(24(3,4)5)27-23-22(28-35-29-23)26-17-9-8-16(25)20(19(17)31)36(32,33)30-10-6-7-11-30/h8-9,12-14,21,31H,6-7,10-11H2,1-5H3,(H,26,28)(H,27,29)/t21-/m0/s1. The van der Waals surface area contributed by atoms with Crippen LogP contribution in [0.4, 0.5) is 17.3 Å². The number of nitrogens with zero attached hydrogens (tertiary/aromatic N) is 3. The first-order valence-corrected chi connectivity index (χ1v) is 14.4. The van der Waals surface area contributed by atoms with Gasteiger partial charge in [0.05, 0.1) is 34.7 Å². The van der Waals surface area contributed by atoms with Crippen molar-refractivity contribution in [3.8, 4) is 5.75 Å². The molecule has 0 aliphatic carbocycles. The van der Waals surface area contributed by atoms with Crippen molar-refractivity contribution in [1.82, 2.24) is 13.1 Å². The summed E-state index contributed by atoms with van der Waals surface area (Å²) in [6, 6.07) is 4.79. The summed E-state index contributed by atoms with van der Waals surface area (Å²) in [6.07, 6.45) is 3.32. The van der Waals surface area contributed by atoms with Gasteiger partial charge < -0.3 is 20.2 Å². The highest BCUT2D eigenvalue weighted by Gasteiger charge is 2.34. The molecule has 0 spiro atoms. The Bertz CT molecular complexity index is 1320. The molecule has 4 rings (SSSR count). The van der Waals surface area contributed by atoms with Crippen LogP contribution in [0.2, 0.25) is 5.02 Å². The summed E-state index contributed by atoms with van der Waals surface area (Å²) in [4.78, 5) is -0.307. The van der Waals surface area contributed by atoms with Crippen LogP contribution in [0, 0.1) is 5.41 Å². The fourth-order valence-electron chi connectivity index (χ4n) is 4.12. The van der Waals surface area contributed by atoms with E-state index >= 15 is 0 Å². The summed E-state index contributed by atoms with van der Waals surface area (Å²) in [5, 5.41) is 17.4. The molecule has 0 amide bonds. The van der Waals surface area contributed by atoms with Gasteiger partial charge in [-0.2, -0.15) is 13.1 Å². The van der Waals surface area contributed by atoms with Gasteiger partial charge in [-0.25, -0.2) is 8.42 Å². The molecule has 0 bridgehead atoms. The number of aromatic nitrogens is 2. The van der Waals surface area contributed by atoms with Crippen molar-refractivity contribution < 1.29 is 17.9 Å². The molecule has 3 heterocycles. The average molecular weight is 554 g/mol. The van der Waals surface area contributed by atoms with Crippen LogP contribution in [0.15, 0.2) is 33.8 Å². The fourth-order valence-corrected chi connectivity index (χ4v) is 6.70. The van der Waals surface area contributed by atoms with Crippen LogP contribution in [-0.4, -0.2) is 39.7 Å². The van der Waals surface area contributed by atoms with Crippen LogP contribution < -0.4 is 10.6 Å². The number of hydrogen-bond acceptors (Lipinski definition) is 9. The number of anilines is 3. The molecule has 2 aromatic heterocycles. The van der Waals surface area contributed by atoms with E-state index in [1.807, 2.05) is 6.07 Å². The lowest BCUT2D eigenvalue weighted by Crippen LogP contribution is -2.28. The highest BCUT2D eigenvalue weighted by Crippen LogP contribution is 2.42. The maximum Gasteiger partial charge on any atom is 0.248 e. The summed E-state index contributed by atoms with van der Waals surface area (Å²) in [7, 11) is -3.94. The second-order valence-corrected chi connectivity index (χ2v) is 13.2. The largest absolute Gasteiger partial charge is 0.504 e. The third kappa shape index (κ3) is 5.34. The van der Waals surface area contributed by atoms with Crippen LogP contribution in [0.3, 0.4) is 0 Å². The zero-order chi connectivity index (χ0) is 26.3. The van der Waals surface area contributed by atoms with E-state index in [0.29, 0.717) is 30.6 Å². The van der Waals surface area contributed by atoms with Gasteiger partial charge in [0.25, 0.3) is 0 Å². The topological polar surface area (TPSA) is 121 Å². The molecule has 196 valence electrons. The van der Waals surface area contributed by atoms with Gasteiger partial charge in [0, 0.05) is 13.1 Å². The van der Waals surface area contributed by atoms with Crippen molar-refractivity contribution >= 4 is 50.7 Å². The van der Waals surface area contributed by atoms with Crippen LogP contribution >= 0.6 is 23.3 Å². The van der Waals surface area contributed by atoms with Crippen molar-refractivity contribution in [2.24, 2.45) is 5.41 Å². The minimum atomic E-state index is -3.94. The first-order valence-electron chi connectivity index (χ1n) is 11.9. The van der Waals surface area contributed by atoms with Crippen LogP contribution in [-0.2, 0) is 10.0 Å². The number of benzene rings is 1. The first-order chi connectivity index (χ1) is 16.9. The maximum atomic E-state index is 13.2. The van der Waals surface area contributed by atoms with Gasteiger partial charge >= 0.3 is 0 Å². The van der Waals surface area contributed by atoms with Gasteiger partial charge in [-0.15, -0.1) is 0 Å². The van der Waals surface area contributed by atoms with E-state index < -0.39 is 15.8 Å². The number of halogens is 1. The quantitative estimate of drug-likeness (QED) is 0.276. The molecule has 1 saturated heterocycles. The first kappa shape index (κ1) is 26.7. The van der Waals surface area contributed by atoms with Crippen molar-refractivity contribution in [3.05, 3.63) is 40.8 Å². The van der Waals surface area contributed by atoms with Gasteiger partial charge in [-0.3, -0.25) is 0 Å². The second-order valence-electron chi connectivity index (χ2n) is 10.4. The molecule has 1 aromatic carbocycles. The minimum Gasteiger partial charge on any atom is -0.504 e. The highest BCUT2D eigenvalue weighted by atomic mass is 35.5. The van der Waals surface area contributed by atoms with E-state index in [9.17, 15) is 13.5 Å². The second kappa shape index (κ2) is 10.2. The molecule has 12 heteroatoms. The van der Waals surface area contributed by atoms with E-state index in [0.717, 1.165) is 35.9 Å². The van der Waals surface area contributed by atoms with Gasteiger partial charge in [-0.05, 0) is 47.9 Å². The Morgan fingerprint density at radius 3 is 2.44 bits per heavy atom. The molecule has 3 aromatic rings. The third-order valence-electron chi connectivity index (χ3n) is 6.23. The zero-order valence-corrected chi connectivity index (χ0v) is 23.4. The summed E-state index contributed by atoms with van der Waals surface area (Å²) >= 11 is 7.24. The van der Waals surface area contributed by atoms with E-state index in [2.05, 4.69) is 54.0 Å². The van der Waals surface area contributed by atoms with E-state index in [1.165, 1.54) is 16.4 Å². The summed E-state index contributed by atoms with van der Waals surface area (Å²) in [5.74, 6) is 1.47. The summed E-state index contributed by atoms with van der Waals surface area (Å²) in [6.45, 7) is 11.3. The van der Waals surface area contributed by atoms with Crippen molar-refractivity contribution in [3.63, 3.8) is 0 Å². The Labute approximate surface area is 221 Å². The molecular weight excluding hydrogens is 522 g/mol. The monoisotopic (exact) mass is 553 g/mol. The highest BCUT2D eigenvalue weighted by molar-refractivity contribution is 7.89. The normalized spacial score (nSPS) is 16.0. The minimum absolute atomic E-state index is 0.0359. The molecule has 3 N–H and O–H groups in total. The zero-order valence-electron chi connectivity index (χ0n) is 21.0. The molecule has 1 fully saturated rings. The van der Waals surface area contributed by atoms with Crippen LogP contribution in [0.1, 0.15) is 70.7 Å². The molecule has 0 unspecified atom stereocenters. The lowest BCUT2D eigenvalue weighted by atomic mass is 9.85. The van der Waals surface area contributed by atoms with Crippen molar-refractivity contribution in [1.29, 1.82) is 0 Å². The molecule has 36 heavy (non-hydrogen) atoms. The lowest BCUT2D eigenvalue weighted by molar-refractivity contribution is 0.303. The predicted octanol–water partition coefficient (Wildman–Crippen LogP) is 6.34. The van der Waals surface area contributed by atoms with Crippen molar-refractivity contribution in [2.75, 3.05) is 23.7 Å². The van der Waals surface area contributed by atoms with Crippen molar-refractivity contribution in [2.45, 2.75) is 64.3 Å². The summed E-state index contributed by atoms with van der Waals surface area (Å²) in [5.41, 5.74) is 1.04. The smallest absolute Gasteiger partial charge is 0.248 e. The molecular formula is C24H32ClN5O4S2. The molecule has 1 aliphatic rings. The number of rotatable bonds is 8. The maximum absolute atomic E-state index is 13.2. The Hall–Kier alpha value is -2.34. The predicted molar refractivity (Wildman–Crippen MR) is 143 cm³/mol. The molecule has 9 nitrogen and oxygen atoms in total. The van der Waals surface area contributed by atoms with Gasteiger partial charge in [0.2, 0.25) is 10.0 Å². The Morgan fingerprint density at radius 1 is 1.17 bits per heavy atom. The molecule has 0 radical (unpaired) electrons. The Balaban J connectivity index is 1.64. The SMILES string of the molecule is CC(C)c1coc([C@H](Nc2nsnc2Nc2ccc(Cl)c(S(=O)(=O)N3CCCC3)c2O)C(C)(C)C)c1. The Kier molecular flexibility index (Phi) is 7.57. The third-order valence-corrected chi connectivity index (χ3v) is 9.16. The number of phenolic OH excluding ortho intramolecular Hbond substituents is 1. The van der Waals surface area contributed by atoms with E-state index in [1.54, 1.807) is 6.26 Å². The van der Waals surface area contributed by atoms with Crippen LogP contribution in [0.25, 0.3) is 0 Å². The molecule has 0 saturated carbocycles. The van der Waals surface area contributed by atoms with Gasteiger partial charge in [-0.1, -0.05) is 46.2 Å². The van der Waals surface area contributed by atoms with Crippen LogP contribution in [0.5, 0.6) is 5.75 Å².